The summed E-state index contributed by atoms with van der Waals surface area (Å²) in [6.07, 6.45) is 4.02. The van der Waals surface area contributed by atoms with Gasteiger partial charge in [-0.25, -0.2) is 0 Å². The van der Waals surface area contributed by atoms with Crippen molar-refractivity contribution in [2.45, 2.75) is 19.4 Å². The van der Waals surface area contributed by atoms with Gasteiger partial charge in [0.15, 0.2) is 0 Å². The van der Waals surface area contributed by atoms with Crippen LogP contribution >= 0.6 is 0 Å². The highest BCUT2D eigenvalue weighted by molar-refractivity contribution is 5.70. The van der Waals surface area contributed by atoms with Crippen LogP contribution in [0.1, 0.15) is 16.7 Å². The normalized spacial score (nSPS) is 12.6. The van der Waals surface area contributed by atoms with Crippen LogP contribution in [0.5, 0.6) is 5.75 Å². The molecule has 1 heterocycles. The second-order valence-electron chi connectivity index (χ2n) is 5.36. The van der Waals surface area contributed by atoms with Crippen molar-refractivity contribution in [2.24, 2.45) is 0 Å². The van der Waals surface area contributed by atoms with Crippen LogP contribution in [0.2, 0.25) is 0 Å². The van der Waals surface area contributed by atoms with Gasteiger partial charge in [0, 0.05) is 5.56 Å². The third-order valence-corrected chi connectivity index (χ3v) is 3.98. The van der Waals surface area contributed by atoms with Gasteiger partial charge in [0.05, 0.1) is 11.9 Å². The highest BCUT2D eigenvalue weighted by Crippen LogP contribution is 2.33. The van der Waals surface area contributed by atoms with Crippen LogP contribution in [0.15, 0.2) is 54.7 Å². The standard InChI is InChI=1S/C18H16N2O/c1-2-4-13(5-3-1)12-21-16-8-9-17-14(10-16)6-7-15-11-19-20-18(15)17/h1-5,8-11H,6-7,12H2,(H,19,20). The Kier molecular flexibility index (Phi) is 2.96. The Morgan fingerprint density at radius 1 is 1.00 bits per heavy atom. The number of nitrogens with zero attached hydrogens (tertiary/aromatic N) is 1. The first-order valence-electron chi connectivity index (χ1n) is 7.22. The zero-order chi connectivity index (χ0) is 14.1. The highest BCUT2D eigenvalue weighted by atomic mass is 16.5. The molecule has 1 aliphatic carbocycles. The van der Waals surface area contributed by atoms with Gasteiger partial charge in [-0.1, -0.05) is 30.3 Å². The van der Waals surface area contributed by atoms with E-state index in [1.807, 2.05) is 30.5 Å². The summed E-state index contributed by atoms with van der Waals surface area (Å²) in [4.78, 5) is 0. The van der Waals surface area contributed by atoms with Gasteiger partial charge in [0.1, 0.15) is 12.4 Å². The monoisotopic (exact) mass is 276 g/mol. The largest absolute Gasteiger partial charge is 0.489 e. The van der Waals surface area contributed by atoms with E-state index >= 15 is 0 Å². The molecule has 21 heavy (non-hydrogen) atoms. The zero-order valence-corrected chi connectivity index (χ0v) is 11.7. The minimum Gasteiger partial charge on any atom is -0.489 e. The molecule has 1 aliphatic rings. The summed E-state index contributed by atoms with van der Waals surface area (Å²) in [7, 11) is 0. The van der Waals surface area contributed by atoms with Gasteiger partial charge in [0.2, 0.25) is 0 Å². The molecule has 104 valence electrons. The molecule has 2 aromatic carbocycles. The lowest BCUT2D eigenvalue weighted by atomic mass is 9.90. The summed E-state index contributed by atoms with van der Waals surface area (Å²) in [5.41, 5.74) is 6.23. The fourth-order valence-electron chi connectivity index (χ4n) is 2.85. The van der Waals surface area contributed by atoms with Crippen molar-refractivity contribution in [3.8, 4) is 17.0 Å². The fourth-order valence-corrected chi connectivity index (χ4v) is 2.85. The molecule has 0 aliphatic heterocycles. The van der Waals surface area contributed by atoms with Crippen molar-refractivity contribution < 1.29 is 4.74 Å². The van der Waals surface area contributed by atoms with Crippen molar-refractivity contribution in [2.75, 3.05) is 0 Å². The van der Waals surface area contributed by atoms with Crippen molar-refractivity contribution in [3.05, 3.63) is 71.4 Å². The minimum atomic E-state index is 0.606. The molecule has 0 saturated heterocycles. The lowest BCUT2D eigenvalue weighted by Gasteiger charge is -2.17. The van der Waals surface area contributed by atoms with Crippen LogP contribution in [0.3, 0.4) is 0 Å². The first kappa shape index (κ1) is 12.2. The molecule has 0 saturated carbocycles. The Balaban J connectivity index is 1.57. The molecule has 3 heteroatoms. The second kappa shape index (κ2) is 5.09. The predicted molar refractivity (Wildman–Crippen MR) is 82.2 cm³/mol. The van der Waals surface area contributed by atoms with Crippen LogP contribution in [-0.2, 0) is 19.4 Å². The van der Waals surface area contributed by atoms with E-state index in [1.54, 1.807) is 0 Å². The van der Waals surface area contributed by atoms with Crippen molar-refractivity contribution in [1.29, 1.82) is 0 Å². The molecule has 1 N–H and O–H groups in total. The van der Waals surface area contributed by atoms with Crippen LogP contribution in [0.4, 0.5) is 0 Å². The number of fused-ring (bicyclic) bond motifs is 3. The minimum absolute atomic E-state index is 0.606. The molecular formula is C18H16N2O. The van der Waals surface area contributed by atoms with E-state index in [-0.39, 0.29) is 0 Å². The predicted octanol–water partition coefficient (Wildman–Crippen LogP) is 3.75. The van der Waals surface area contributed by atoms with Gasteiger partial charge in [0.25, 0.3) is 0 Å². The summed E-state index contributed by atoms with van der Waals surface area (Å²) in [5, 5.41) is 7.25. The number of aromatic nitrogens is 2. The van der Waals surface area contributed by atoms with Crippen LogP contribution in [0.25, 0.3) is 11.3 Å². The van der Waals surface area contributed by atoms with Crippen molar-refractivity contribution in [3.63, 3.8) is 0 Å². The summed E-state index contributed by atoms with van der Waals surface area (Å²) < 4.78 is 5.90. The molecule has 0 radical (unpaired) electrons. The SMILES string of the molecule is c1ccc(COc2ccc3c(c2)CCc2cn[nH]c2-3)cc1. The van der Waals surface area contributed by atoms with E-state index in [1.165, 1.54) is 22.3 Å². The number of hydrogen-bond acceptors (Lipinski definition) is 2. The Hall–Kier alpha value is -2.55. The molecule has 4 rings (SSSR count). The highest BCUT2D eigenvalue weighted by Gasteiger charge is 2.18. The number of nitrogens with one attached hydrogen (secondary N) is 1. The third kappa shape index (κ3) is 2.31. The molecule has 0 atom stereocenters. The molecular weight excluding hydrogens is 260 g/mol. The number of aromatic amines is 1. The van der Waals surface area contributed by atoms with Gasteiger partial charge in [-0.3, -0.25) is 5.10 Å². The first-order chi connectivity index (χ1) is 10.4. The van der Waals surface area contributed by atoms with Gasteiger partial charge >= 0.3 is 0 Å². The molecule has 0 bridgehead atoms. The van der Waals surface area contributed by atoms with Crippen LogP contribution in [0, 0.1) is 0 Å². The Labute approximate surface area is 123 Å². The number of benzene rings is 2. The lowest BCUT2D eigenvalue weighted by molar-refractivity contribution is 0.306. The first-order valence-corrected chi connectivity index (χ1v) is 7.22. The van der Waals surface area contributed by atoms with E-state index in [0.29, 0.717) is 6.61 Å². The van der Waals surface area contributed by atoms with Crippen molar-refractivity contribution in [1.82, 2.24) is 10.2 Å². The van der Waals surface area contributed by atoms with E-state index in [9.17, 15) is 0 Å². The number of ether oxygens (including phenoxy) is 1. The summed E-state index contributed by atoms with van der Waals surface area (Å²) >= 11 is 0. The van der Waals surface area contributed by atoms with E-state index in [0.717, 1.165) is 24.3 Å². The fraction of sp³-hybridized carbons (Fsp3) is 0.167. The third-order valence-electron chi connectivity index (χ3n) is 3.98. The summed E-state index contributed by atoms with van der Waals surface area (Å²) in [5.74, 6) is 0.931. The number of H-pyrrole nitrogens is 1. The Morgan fingerprint density at radius 3 is 2.76 bits per heavy atom. The number of aryl methyl sites for hydroxylation is 2. The molecule has 1 aromatic heterocycles. The summed E-state index contributed by atoms with van der Waals surface area (Å²) in [6, 6.07) is 16.6. The number of rotatable bonds is 3. The molecule has 0 unspecified atom stereocenters. The van der Waals surface area contributed by atoms with Gasteiger partial charge in [-0.05, 0) is 47.7 Å². The van der Waals surface area contributed by atoms with Crippen LogP contribution in [-0.4, -0.2) is 10.2 Å². The van der Waals surface area contributed by atoms with E-state index in [2.05, 4.69) is 34.5 Å². The van der Waals surface area contributed by atoms with Gasteiger partial charge in [-0.15, -0.1) is 0 Å². The average molecular weight is 276 g/mol. The average Bonchev–Trinajstić information content (AvgIpc) is 3.02. The van der Waals surface area contributed by atoms with Gasteiger partial charge < -0.3 is 4.74 Å². The van der Waals surface area contributed by atoms with Crippen molar-refractivity contribution >= 4 is 0 Å². The molecule has 3 aromatic rings. The molecule has 3 nitrogen and oxygen atoms in total. The summed E-state index contributed by atoms with van der Waals surface area (Å²) in [6.45, 7) is 0.606. The Morgan fingerprint density at radius 2 is 1.86 bits per heavy atom. The smallest absolute Gasteiger partial charge is 0.120 e. The van der Waals surface area contributed by atoms with Gasteiger partial charge in [-0.2, -0.15) is 5.10 Å². The van der Waals surface area contributed by atoms with E-state index in [4.69, 9.17) is 4.74 Å². The lowest BCUT2D eigenvalue weighted by Crippen LogP contribution is -2.03. The molecule has 0 amide bonds. The maximum Gasteiger partial charge on any atom is 0.120 e. The quantitative estimate of drug-likeness (QED) is 0.791. The second-order valence-corrected chi connectivity index (χ2v) is 5.36. The number of hydrogen-bond donors (Lipinski definition) is 1. The maximum atomic E-state index is 5.90. The molecule has 0 fully saturated rings. The topological polar surface area (TPSA) is 37.9 Å². The maximum absolute atomic E-state index is 5.90. The van der Waals surface area contributed by atoms with E-state index < -0.39 is 0 Å². The zero-order valence-electron chi connectivity index (χ0n) is 11.7. The Bertz CT molecular complexity index is 762. The molecule has 0 spiro atoms. The van der Waals surface area contributed by atoms with Crippen LogP contribution < -0.4 is 4.74 Å².